The van der Waals surface area contributed by atoms with Crippen LogP contribution in [0.4, 0.5) is 5.95 Å². The monoisotopic (exact) mass is 397 g/mol. The van der Waals surface area contributed by atoms with Gasteiger partial charge in [-0.25, -0.2) is 4.98 Å². The average Bonchev–Trinajstić information content (AvgIpc) is 3.33. The van der Waals surface area contributed by atoms with Crippen molar-refractivity contribution < 1.29 is 9.53 Å². The molecule has 8 nitrogen and oxygen atoms in total. The van der Waals surface area contributed by atoms with E-state index in [4.69, 9.17) is 9.72 Å². The minimum Gasteiger partial charge on any atom is -0.378 e. The Hall–Kier alpha value is -2.61. The zero-order valence-corrected chi connectivity index (χ0v) is 16.8. The number of aromatic nitrogens is 3. The van der Waals surface area contributed by atoms with Gasteiger partial charge in [0.25, 0.3) is 11.5 Å². The summed E-state index contributed by atoms with van der Waals surface area (Å²) in [6.45, 7) is 6.12. The summed E-state index contributed by atoms with van der Waals surface area (Å²) in [5.41, 5.74) is 3.36. The van der Waals surface area contributed by atoms with Gasteiger partial charge >= 0.3 is 0 Å². The van der Waals surface area contributed by atoms with E-state index >= 15 is 0 Å². The van der Waals surface area contributed by atoms with E-state index in [2.05, 4.69) is 14.9 Å². The van der Waals surface area contributed by atoms with Gasteiger partial charge in [0.1, 0.15) is 0 Å². The number of hydrogen-bond acceptors (Lipinski definition) is 5. The highest BCUT2D eigenvalue weighted by Gasteiger charge is 2.45. The molecular formula is C21H27N5O3. The molecule has 2 N–H and O–H groups in total. The third-order valence-corrected chi connectivity index (χ3v) is 6.86. The van der Waals surface area contributed by atoms with E-state index in [0.717, 1.165) is 61.3 Å². The van der Waals surface area contributed by atoms with Crippen molar-refractivity contribution in [2.45, 2.75) is 38.0 Å². The van der Waals surface area contributed by atoms with Gasteiger partial charge in [-0.1, -0.05) is 0 Å². The standard InChI is InChI=1S/C21H27N5O3/c1-14-15(3-7-22-14)19(28)25-8-5-21(6-9-25)4-2-16-17(21)23-20(24-18(16)27)26-10-12-29-13-11-26/h3,7,22H,2,4-6,8-13H2,1H3,(H,23,24,27). The number of likely N-dealkylation sites (tertiary alicyclic amines) is 1. The number of nitrogens with zero attached hydrogens (tertiary/aromatic N) is 3. The first-order valence-corrected chi connectivity index (χ1v) is 10.5. The van der Waals surface area contributed by atoms with Crippen LogP contribution in [-0.4, -0.2) is 65.2 Å². The fourth-order valence-corrected chi connectivity index (χ4v) is 5.04. The summed E-state index contributed by atoms with van der Waals surface area (Å²) in [5, 5.41) is 0. The molecule has 2 saturated heterocycles. The van der Waals surface area contributed by atoms with Gasteiger partial charge < -0.3 is 19.5 Å². The molecular weight excluding hydrogens is 370 g/mol. The molecule has 0 atom stereocenters. The van der Waals surface area contributed by atoms with Crippen LogP contribution in [0.5, 0.6) is 0 Å². The Balaban J connectivity index is 1.39. The van der Waals surface area contributed by atoms with Crippen LogP contribution >= 0.6 is 0 Å². The minimum absolute atomic E-state index is 0.00480. The molecule has 1 amide bonds. The maximum absolute atomic E-state index is 12.9. The highest BCUT2D eigenvalue weighted by atomic mass is 16.5. The van der Waals surface area contributed by atoms with Gasteiger partial charge in [0.15, 0.2) is 0 Å². The van der Waals surface area contributed by atoms with Crippen molar-refractivity contribution >= 4 is 11.9 Å². The molecule has 0 aromatic carbocycles. The predicted octanol–water partition coefficient (Wildman–Crippen LogP) is 1.36. The molecule has 0 unspecified atom stereocenters. The zero-order valence-electron chi connectivity index (χ0n) is 16.8. The van der Waals surface area contributed by atoms with Gasteiger partial charge in [-0.15, -0.1) is 0 Å². The average molecular weight is 397 g/mol. The smallest absolute Gasteiger partial charge is 0.255 e. The number of nitrogens with one attached hydrogen (secondary N) is 2. The maximum Gasteiger partial charge on any atom is 0.255 e. The number of ether oxygens (including phenoxy) is 1. The van der Waals surface area contributed by atoms with Crippen molar-refractivity contribution in [3.8, 4) is 0 Å². The summed E-state index contributed by atoms with van der Waals surface area (Å²) in [6.07, 6.45) is 5.23. The van der Waals surface area contributed by atoms with Crippen molar-refractivity contribution in [3.63, 3.8) is 0 Å². The number of morpholine rings is 1. The van der Waals surface area contributed by atoms with Gasteiger partial charge in [-0.3, -0.25) is 14.6 Å². The number of anilines is 1. The molecule has 1 aliphatic carbocycles. The largest absolute Gasteiger partial charge is 0.378 e. The van der Waals surface area contributed by atoms with Crippen molar-refractivity contribution in [1.29, 1.82) is 0 Å². The molecule has 2 fully saturated rings. The fraction of sp³-hybridized carbons (Fsp3) is 0.571. The van der Waals surface area contributed by atoms with Crippen LogP contribution in [0, 0.1) is 6.92 Å². The summed E-state index contributed by atoms with van der Waals surface area (Å²) < 4.78 is 5.43. The summed E-state index contributed by atoms with van der Waals surface area (Å²) in [4.78, 5) is 40.7. The highest BCUT2D eigenvalue weighted by Crippen LogP contribution is 2.44. The number of carbonyl (C=O) groups excluding carboxylic acids is 1. The number of rotatable bonds is 2. The Bertz CT molecular complexity index is 980. The Labute approximate surface area is 169 Å². The zero-order chi connectivity index (χ0) is 20.0. The van der Waals surface area contributed by atoms with Crippen molar-refractivity contribution in [2.75, 3.05) is 44.3 Å². The number of H-pyrrole nitrogens is 2. The van der Waals surface area contributed by atoms with Gasteiger partial charge in [-0.2, -0.15) is 0 Å². The van der Waals surface area contributed by atoms with E-state index in [9.17, 15) is 9.59 Å². The number of carbonyl (C=O) groups is 1. The second kappa shape index (κ2) is 7.02. The first-order valence-electron chi connectivity index (χ1n) is 10.5. The predicted molar refractivity (Wildman–Crippen MR) is 109 cm³/mol. The fourth-order valence-electron chi connectivity index (χ4n) is 5.04. The topological polar surface area (TPSA) is 94.3 Å². The van der Waals surface area contributed by atoms with E-state index in [-0.39, 0.29) is 16.9 Å². The lowest BCUT2D eigenvalue weighted by atomic mass is 9.76. The second-order valence-electron chi connectivity index (χ2n) is 8.40. The molecule has 29 heavy (non-hydrogen) atoms. The first kappa shape index (κ1) is 18.4. The molecule has 0 saturated carbocycles. The molecule has 8 heteroatoms. The van der Waals surface area contributed by atoms with E-state index in [1.807, 2.05) is 24.1 Å². The number of aryl methyl sites for hydroxylation is 1. The second-order valence-corrected chi connectivity index (χ2v) is 8.40. The van der Waals surface area contributed by atoms with Crippen molar-refractivity contribution in [2.24, 2.45) is 0 Å². The number of hydrogen-bond donors (Lipinski definition) is 2. The van der Waals surface area contributed by atoms with Gasteiger partial charge in [0.2, 0.25) is 5.95 Å². The van der Waals surface area contributed by atoms with Crippen LogP contribution in [0.25, 0.3) is 0 Å². The lowest BCUT2D eigenvalue weighted by Crippen LogP contribution is -2.45. The van der Waals surface area contributed by atoms with Crippen molar-refractivity contribution in [3.05, 3.63) is 45.1 Å². The van der Waals surface area contributed by atoms with Gasteiger partial charge in [0.05, 0.1) is 24.5 Å². The molecule has 3 aliphatic rings. The number of fused-ring (bicyclic) bond motifs is 2. The molecule has 2 aliphatic heterocycles. The van der Waals surface area contributed by atoms with Crippen LogP contribution in [0.1, 0.15) is 46.6 Å². The summed E-state index contributed by atoms with van der Waals surface area (Å²) in [5.74, 6) is 0.754. The third kappa shape index (κ3) is 3.06. The van der Waals surface area contributed by atoms with Crippen LogP contribution in [0.2, 0.25) is 0 Å². The normalized spacial score (nSPS) is 20.9. The van der Waals surface area contributed by atoms with Crippen molar-refractivity contribution in [1.82, 2.24) is 19.9 Å². The van der Waals surface area contributed by atoms with Crippen LogP contribution in [0.3, 0.4) is 0 Å². The van der Waals surface area contributed by atoms with Crippen LogP contribution in [0.15, 0.2) is 17.1 Å². The van der Waals surface area contributed by atoms with E-state index < -0.39 is 0 Å². The Kier molecular flexibility index (Phi) is 4.46. The van der Waals surface area contributed by atoms with Crippen LogP contribution < -0.4 is 10.5 Å². The van der Waals surface area contributed by atoms with Gasteiger partial charge in [-0.05, 0) is 38.7 Å². The maximum atomic E-state index is 12.9. The lowest BCUT2D eigenvalue weighted by Gasteiger charge is -2.39. The highest BCUT2D eigenvalue weighted by molar-refractivity contribution is 5.95. The van der Waals surface area contributed by atoms with E-state index in [1.165, 1.54) is 0 Å². The van der Waals surface area contributed by atoms with Crippen LogP contribution in [-0.2, 0) is 16.6 Å². The van der Waals surface area contributed by atoms with E-state index in [1.54, 1.807) is 0 Å². The Morgan fingerprint density at radius 3 is 2.62 bits per heavy atom. The van der Waals surface area contributed by atoms with Gasteiger partial charge in [0, 0.05) is 49.0 Å². The summed E-state index contributed by atoms with van der Waals surface area (Å²) in [6, 6.07) is 1.85. The number of piperidine rings is 1. The molecule has 4 heterocycles. The Morgan fingerprint density at radius 2 is 1.93 bits per heavy atom. The molecule has 0 bridgehead atoms. The summed E-state index contributed by atoms with van der Waals surface area (Å²) >= 11 is 0. The molecule has 5 rings (SSSR count). The van der Waals surface area contributed by atoms with E-state index in [0.29, 0.717) is 32.3 Å². The summed E-state index contributed by atoms with van der Waals surface area (Å²) in [7, 11) is 0. The quantitative estimate of drug-likeness (QED) is 0.798. The molecule has 1 spiro atoms. The minimum atomic E-state index is -0.0887. The lowest BCUT2D eigenvalue weighted by molar-refractivity contribution is 0.0663. The molecule has 2 aromatic rings. The molecule has 0 radical (unpaired) electrons. The SMILES string of the molecule is Cc1[nH]ccc1C(=O)N1CCC2(CCc3c2nc(N2CCOCC2)[nH]c3=O)CC1. The Morgan fingerprint density at radius 1 is 1.17 bits per heavy atom. The first-order chi connectivity index (χ1) is 14.1. The number of aromatic amines is 2. The molecule has 154 valence electrons. The number of amides is 1. The third-order valence-electron chi connectivity index (χ3n) is 6.86. The molecule has 2 aromatic heterocycles.